The van der Waals surface area contributed by atoms with Crippen LogP contribution in [-0.2, 0) is 21.7 Å². The summed E-state index contributed by atoms with van der Waals surface area (Å²) in [5.41, 5.74) is 1.46. The molecule has 2 aromatic carbocycles. The standard InChI is InChI=1S/C24H23FN4O3S/c1-4-24(17-8-10-18(25)11-9-17)21(31)28(22(32)27-24)13-19-14-33-23(26-19)29(16(3)30)20-7-5-6-15(2)12-20/h5-12,14H,4,13H2,1-3H3,(H,27,32). The fourth-order valence-electron chi connectivity index (χ4n) is 3.97. The third-order valence-corrected chi connectivity index (χ3v) is 6.54. The average Bonchev–Trinajstić information content (AvgIpc) is 3.32. The normalized spacial score (nSPS) is 17.9. The van der Waals surface area contributed by atoms with Gasteiger partial charge in [-0.2, -0.15) is 0 Å². The van der Waals surface area contributed by atoms with Crippen molar-refractivity contribution in [3.05, 3.63) is 76.5 Å². The summed E-state index contributed by atoms with van der Waals surface area (Å²) in [6.07, 6.45) is 0.313. The number of imide groups is 1. The summed E-state index contributed by atoms with van der Waals surface area (Å²) in [4.78, 5) is 45.6. The maximum atomic E-state index is 13.4. The summed E-state index contributed by atoms with van der Waals surface area (Å²) < 4.78 is 13.4. The number of rotatable bonds is 6. The van der Waals surface area contributed by atoms with Crippen molar-refractivity contribution in [2.24, 2.45) is 0 Å². The lowest BCUT2D eigenvalue weighted by atomic mass is 9.87. The minimum Gasteiger partial charge on any atom is -0.319 e. The molecule has 0 spiro atoms. The molecule has 4 amide bonds. The van der Waals surface area contributed by atoms with Crippen LogP contribution >= 0.6 is 11.3 Å². The van der Waals surface area contributed by atoms with Gasteiger partial charge in [0, 0.05) is 12.3 Å². The summed E-state index contributed by atoms with van der Waals surface area (Å²) >= 11 is 1.26. The Labute approximate surface area is 194 Å². The fraction of sp³-hybridized carbons (Fsp3) is 0.250. The topological polar surface area (TPSA) is 82.6 Å². The number of urea groups is 1. The Balaban J connectivity index is 1.60. The van der Waals surface area contributed by atoms with Crippen molar-refractivity contribution in [3.63, 3.8) is 0 Å². The van der Waals surface area contributed by atoms with Gasteiger partial charge >= 0.3 is 6.03 Å². The number of aryl methyl sites for hydroxylation is 1. The number of anilines is 2. The summed E-state index contributed by atoms with van der Waals surface area (Å²) in [6.45, 7) is 5.15. The highest BCUT2D eigenvalue weighted by molar-refractivity contribution is 7.14. The second-order valence-corrected chi connectivity index (χ2v) is 8.74. The van der Waals surface area contributed by atoms with E-state index in [-0.39, 0.29) is 12.5 Å². The number of thiazole rings is 1. The molecular weight excluding hydrogens is 443 g/mol. The summed E-state index contributed by atoms with van der Waals surface area (Å²) in [6, 6.07) is 12.5. The highest BCUT2D eigenvalue weighted by atomic mass is 32.1. The molecule has 9 heteroatoms. The van der Waals surface area contributed by atoms with Crippen molar-refractivity contribution in [1.29, 1.82) is 0 Å². The molecule has 1 aliphatic heterocycles. The molecule has 0 bridgehead atoms. The van der Waals surface area contributed by atoms with Crippen molar-refractivity contribution >= 4 is 40.0 Å². The first-order valence-corrected chi connectivity index (χ1v) is 11.3. The van der Waals surface area contributed by atoms with E-state index in [1.54, 1.807) is 12.3 Å². The van der Waals surface area contributed by atoms with Crippen molar-refractivity contribution < 1.29 is 18.8 Å². The summed E-state index contributed by atoms with van der Waals surface area (Å²) in [7, 11) is 0. The van der Waals surface area contributed by atoms with E-state index in [1.807, 2.05) is 31.2 Å². The van der Waals surface area contributed by atoms with Gasteiger partial charge in [-0.15, -0.1) is 11.3 Å². The third-order valence-electron chi connectivity index (χ3n) is 5.67. The molecule has 170 valence electrons. The van der Waals surface area contributed by atoms with E-state index >= 15 is 0 Å². The molecule has 4 rings (SSSR count). The lowest BCUT2D eigenvalue weighted by Gasteiger charge is -2.25. The molecule has 0 radical (unpaired) electrons. The number of benzene rings is 2. The van der Waals surface area contributed by atoms with Gasteiger partial charge in [-0.3, -0.25) is 19.4 Å². The average molecular weight is 467 g/mol. The van der Waals surface area contributed by atoms with Crippen LogP contribution in [0.2, 0.25) is 0 Å². The molecule has 1 aliphatic rings. The molecule has 33 heavy (non-hydrogen) atoms. The minimum absolute atomic E-state index is 0.0380. The molecule has 7 nitrogen and oxygen atoms in total. The van der Waals surface area contributed by atoms with Gasteiger partial charge in [-0.05, 0) is 48.7 Å². The van der Waals surface area contributed by atoms with Crippen LogP contribution < -0.4 is 10.2 Å². The van der Waals surface area contributed by atoms with Crippen molar-refractivity contribution in [2.45, 2.75) is 39.3 Å². The quantitative estimate of drug-likeness (QED) is 0.537. The molecule has 1 atom stereocenters. The number of halogens is 1. The first-order chi connectivity index (χ1) is 15.7. The zero-order chi connectivity index (χ0) is 23.8. The Hall–Kier alpha value is -3.59. The van der Waals surface area contributed by atoms with Gasteiger partial charge in [-0.25, -0.2) is 14.2 Å². The zero-order valence-electron chi connectivity index (χ0n) is 18.5. The van der Waals surface area contributed by atoms with Crippen LogP contribution in [0, 0.1) is 12.7 Å². The molecule has 1 fully saturated rings. The number of aromatic nitrogens is 1. The molecule has 1 saturated heterocycles. The lowest BCUT2D eigenvalue weighted by molar-refractivity contribution is -0.132. The van der Waals surface area contributed by atoms with E-state index in [4.69, 9.17) is 0 Å². The Kier molecular flexibility index (Phi) is 5.99. The molecule has 1 aromatic heterocycles. The van der Waals surface area contributed by atoms with E-state index < -0.39 is 23.3 Å². The zero-order valence-corrected chi connectivity index (χ0v) is 19.3. The number of nitrogens with zero attached hydrogens (tertiary/aromatic N) is 3. The van der Waals surface area contributed by atoms with Crippen molar-refractivity contribution in [3.8, 4) is 0 Å². The summed E-state index contributed by atoms with van der Waals surface area (Å²) in [5.74, 6) is -1.03. The Morgan fingerprint density at radius 3 is 2.58 bits per heavy atom. The first-order valence-electron chi connectivity index (χ1n) is 10.5. The van der Waals surface area contributed by atoms with Gasteiger partial charge in [0.15, 0.2) is 5.13 Å². The van der Waals surface area contributed by atoms with E-state index in [0.717, 1.165) is 10.5 Å². The Morgan fingerprint density at radius 1 is 1.21 bits per heavy atom. The number of hydrogen-bond donors (Lipinski definition) is 1. The monoisotopic (exact) mass is 466 g/mol. The molecule has 0 aliphatic carbocycles. The highest BCUT2D eigenvalue weighted by Gasteiger charge is 2.51. The lowest BCUT2D eigenvalue weighted by Crippen LogP contribution is -2.43. The number of amides is 4. The van der Waals surface area contributed by atoms with E-state index in [1.165, 1.54) is 47.4 Å². The molecule has 0 saturated carbocycles. The highest BCUT2D eigenvalue weighted by Crippen LogP contribution is 2.34. The maximum Gasteiger partial charge on any atom is 0.325 e. The van der Waals surface area contributed by atoms with Gasteiger partial charge in [0.05, 0.1) is 17.9 Å². The largest absolute Gasteiger partial charge is 0.325 e. The Morgan fingerprint density at radius 2 is 1.94 bits per heavy atom. The van der Waals surface area contributed by atoms with E-state index in [9.17, 15) is 18.8 Å². The number of hydrogen-bond acceptors (Lipinski definition) is 5. The minimum atomic E-state index is -1.25. The Bertz CT molecular complexity index is 1230. The van der Waals surface area contributed by atoms with Gasteiger partial charge in [0.25, 0.3) is 5.91 Å². The molecule has 1 N–H and O–H groups in total. The SMILES string of the molecule is CCC1(c2ccc(F)cc2)NC(=O)N(Cc2csc(N(C(C)=O)c3cccc(C)c3)n2)C1=O. The van der Waals surface area contributed by atoms with Crippen LogP contribution in [0.5, 0.6) is 0 Å². The van der Waals surface area contributed by atoms with Gasteiger partial charge in [0.1, 0.15) is 11.4 Å². The van der Waals surface area contributed by atoms with Crippen LogP contribution in [0.3, 0.4) is 0 Å². The van der Waals surface area contributed by atoms with Crippen LogP contribution in [-0.4, -0.2) is 27.7 Å². The van der Waals surface area contributed by atoms with Crippen molar-refractivity contribution in [2.75, 3.05) is 4.90 Å². The van der Waals surface area contributed by atoms with Gasteiger partial charge < -0.3 is 5.32 Å². The van der Waals surface area contributed by atoms with Crippen LogP contribution in [0.1, 0.15) is 37.1 Å². The number of carbonyl (C=O) groups excluding carboxylic acids is 3. The fourth-order valence-corrected chi connectivity index (χ4v) is 4.85. The predicted octanol–water partition coefficient (Wildman–Crippen LogP) is 4.63. The van der Waals surface area contributed by atoms with Crippen LogP contribution in [0.15, 0.2) is 53.9 Å². The van der Waals surface area contributed by atoms with Gasteiger partial charge in [0.2, 0.25) is 5.91 Å². The molecule has 3 aromatic rings. The number of nitrogens with one attached hydrogen (secondary N) is 1. The number of carbonyl (C=O) groups is 3. The first kappa shape index (κ1) is 22.6. The summed E-state index contributed by atoms with van der Waals surface area (Å²) in [5, 5.41) is 4.96. The van der Waals surface area contributed by atoms with E-state index in [2.05, 4.69) is 10.3 Å². The van der Waals surface area contributed by atoms with Crippen LogP contribution in [0.25, 0.3) is 0 Å². The maximum absolute atomic E-state index is 13.4. The molecular formula is C24H23FN4O3S. The molecule has 1 unspecified atom stereocenters. The van der Waals surface area contributed by atoms with Gasteiger partial charge in [-0.1, -0.05) is 31.2 Å². The second kappa shape index (κ2) is 8.74. The van der Waals surface area contributed by atoms with Crippen LogP contribution in [0.4, 0.5) is 20.0 Å². The van der Waals surface area contributed by atoms with E-state index in [0.29, 0.717) is 28.5 Å². The smallest absolute Gasteiger partial charge is 0.319 e. The second-order valence-electron chi connectivity index (χ2n) is 7.90. The third kappa shape index (κ3) is 4.11. The molecule has 2 heterocycles. The van der Waals surface area contributed by atoms with Crippen molar-refractivity contribution in [1.82, 2.24) is 15.2 Å². The predicted molar refractivity (Wildman–Crippen MR) is 124 cm³/mol.